The van der Waals surface area contributed by atoms with Gasteiger partial charge in [-0.05, 0) is 60.6 Å². The van der Waals surface area contributed by atoms with E-state index in [0.29, 0.717) is 17.2 Å². The van der Waals surface area contributed by atoms with Gasteiger partial charge in [0.25, 0.3) is 0 Å². The second-order valence-electron chi connectivity index (χ2n) is 7.84. The van der Waals surface area contributed by atoms with Crippen LogP contribution < -0.4 is 10.5 Å². The minimum Gasteiger partial charge on any atom is -0.871 e. The number of rotatable bonds is 3. The summed E-state index contributed by atoms with van der Waals surface area (Å²) in [4.78, 5) is 8.75. The second-order valence-corrected chi connectivity index (χ2v) is 7.84. The maximum Gasteiger partial charge on any atom is 2.00 e. The largest absolute Gasteiger partial charge is 2.00 e. The molecule has 3 nitrogen and oxygen atoms in total. The molecule has 0 amide bonds. The Morgan fingerprint density at radius 3 is 1.84 bits per heavy atom. The van der Waals surface area contributed by atoms with Crippen LogP contribution in [0.1, 0.15) is 68.8 Å². The summed E-state index contributed by atoms with van der Waals surface area (Å²) in [6, 6.07) is 19.1. The van der Waals surface area contributed by atoms with Crippen LogP contribution in [-0.4, -0.2) is 4.98 Å². The van der Waals surface area contributed by atoms with Gasteiger partial charge in [0.05, 0.1) is 11.0 Å². The molecular formula is C28H36N2NiO. The van der Waals surface area contributed by atoms with Crippen LogP contribution in [0.15, 0.2) is 71.9 Å². The number of hydrogen-bond donors (Lipinski definition) is 0. The molecule has 3 aromatic rings. The summed E-state index contributed by atoms with van der Waals surface area (Å²) in [6.45, 7) is 17.7. The monoisotopic (exact) mass is 474 g/mol. The smallest absolute Gasteiger partial charge is 0.871 e. The van der Waals surface area contributed by atoms with Crippen molar-refractivity contribution in [1.29, 1.82) is 0 Å². The van der Waals surface area contributed by atoms with Gasteiger partial charge < -0.3 is 12.0 Å². The Morgan fingerprint density at radius 1 is 0.812 bits per heavy atom. The molecule has 0 unspecified atom stereocenters. The summed E-state index contributed by atoms with van der Waals surface area (Å²) in [5, 5.41) is 12.6. The summed E-state index contributed by atoms with van der Waals surface area (Å²) in [6.07, 6.45) is 1.82. The minimum atomic E-state index is -0.0479. The molecule has 2 aromatic carbocycles. The first kappa shape index (κ1) is 29.6. The van der Waals surface area contributed by atoms with Gasteiger partial charge in [-0.15, -0.1) is 0 Å². The van der Waals surface area contributed by atoms with Gasteiger partial charge >= 0.3 is 16.5 Å². The molecule has 0 spiro atoms. The molecule has 0 aliphatic heterocycles. The van der Waals surface area contributed by atoms with Crippen molar-refractivity contribution < 1.29 is 21.6 Å². The van der Waals surface area contributed by atoms with E-state index in [-0.39, 0.29) is 22.2 Å². The Kier molecular flexibility index (Phi) is 14.2. The van der Waals surface area contributed by atoms with E-state index in [1.807, 2.05) is 31.3 Å². The van der Waals surface area contributed by atoms with E-state index in [1.165, 1.54) is 16.7 Å². The van der Waals surface area contributed by atoms with E-state index in [9.17, 15) is 5.11 Å². The van der Waals surface area contributed by atoms with Crippen LogP contribution in [0.5, 0.6) is 5.75 Å². The number of aryl methyl sites for hydroxylation is 2. The molecule has 0 fully saturated rings. The van der Waals surface area contributed by atoms with Gasteiger partial charge in [0.15, 0.2) is 0 Å². The quantitative estimate of drug-likeness (QED) is 0.310. The van der Waals surface area contributed by atoms with Crippen molar-refractivity contribution >= 4 is 5.69 Å². The Morgan fingerprint density at radius 2 is 1.38 bits per heavy atom. The maximum absolute atomic E-state index is 12.1. The average molecular weight is 475 g/mol. The first-order valence-corrected chi connectivity index (χ1v) is 10.8. The van der Waals surface area contributed by atoms with Gasteiger partial charge in [-0.3, -0.25) is 4.98 Å². The molecule has 3 rings (SSSR count). The topological polar surface area (TPSA) is 48.3 Å². The molecule has 0 radical (unpaired) electrons. The number of aromatic nitrogens is 1. The molecule has 0 N–H and O–H groups in total. The molecule has 1 heterocycles. The standard InChI is InChI=1S/C19H23NO.C7H9N.C2H5.Ni/c1-13(2)15-9-8-10-16(14(3)4)19(15)20-17-11-6-5-7-12-18(17)21;1-6-3-4-8-7(2)5-6;1-2;/h5-14H,1-4H3,(H,20,21);3-5H,1-2H3;1H2,2H3;/q;;-1;+2/p-1. The zero-order valence-electron chi connectivity index (χ0n) is 20.3. The van der Waals surface area contributed by atoms with Crippen LogP contribution in [0.4, 0.5) is 5.69 Å². The molecular weight excluding hydrogens is 439 g/mol. The number of hydrogen-bond acceptors (Lipinski definition) is 3. The van der Waals surface area contributed by atoms with Gasteiger partial charge in [0.1, 0.15) is 0 Å². The van der Waals surface area contributed by atoms with Crippen molar-refractivity contribution in [3.63, 3.8) is 0 Å². The first-order chi connectivity index (χ1) is 14.8. The Bertz CT molecular complexity index is 970. The van der Waals surface area contributed by atoms with Crippen molar-refractivity contribution in [2.45, 2.75) is 60.3 Å². The number of pyridine rings is 1. The molecule has 0 saturated carbocycles. The number of para-hydroxylation sites is 1. The molecule has 1 aromatic heterocycles. The zero-order chi connectivity index (χ0) is 23.4. The summed E-state index contributed by atoms with van der Waals surface area (Å²) >= 11 is 0. The van der Waals surface area contributed by atoms with Crippen LogP contribution in [-0.2, 0) is 16.5 Å². The number of benzene rings is 1. The third-order valence-electron chi connectivity index (χ3n) is 4.60. The number of nitrogens with zero attached hydrogens (tertiary/aromatic N) is 2. The summed E-state index contributed by atoms with van der Waals surface area (Å²) in [5.74, 6) is 0.693. The Labute approximate surface area is 204 Å². The van der Waals surface area contributed by atoms with Crippen molar-refractivity contribution in [2.24, 2.45) is 4.99 Å². The van der Waals surface area contributed by atoms with E-state index in [2.05, 4.69) is 70.8 Å². The van der Waals surface area contributed by atoms with E-state index in [4.69, 9.17) is 4.99 Å². The molecule has 0 atom stereocenters. The van der Waals surface area contributed by atoms with Crippen molar-refractivity contribution in [3.05, 3.63) is 102 Å². The molecule has 0 saturated heterocycles. The molecule has 0 aliphatic rings. The van der Waals surface area contributed by atoms with Crippen LogP contribution in [0.3, 0.4) is 0 Å². The van der Waals surface area contributed by atoms with Crippen LogP contribution in [0.25, 0.3) is 0 Å². The summed E-state index contributed by atoms with van der Waals surface area (Å²) in [7, 11) is 0. The van der Waals surface area contributed by atoms with Crippen LogP contribution in [0, 0.1) is 20.8 Å². The molecule has 0 bridgehead atoms. The van der Waals surface area contributed by atoms with Crippen LogP contribution in [0.2, 0.25) is 0 Å². The minimum absolute atomic E-state index is 0. The fourth-order valence-electron chi connectivity index (χ4n) is 3.06. The van der Waals surface area contributed by atoms with E-state index >= 15 is 0 Å². The summed E-state index contributed by atoms with van der Waals surface area (Å²) < 4.78 is 0. The van der Waals surface area contributed by atoms with Gasteiger partial charge in [-0.2, -0.15) is 6.92 Å². The molecule has 4 heteroatoms. The maximum atomic E-state index is 12.1. The molecule has 0 aliphatic carbocycles. The fourth-order valence-corrected chi connectivity index (χ4v) is 3.06. The third kappa shape index (κ3) is 9.36. The summed E-state index contributed by atoms with van der Waals surface area (Å²) in [5.41, 5.74) is 5.69. The van der Waals surface area contributed by atoms with E-state index in [0.717, 1.165) is 11.4 Å². The Balaban J connectivity index is 0.000000734. The zero-order valence-corrected chi connectivity index (χ0v) is 21.3. The molecule has 174 valence electrons. The first-order valence-electron chi connectivity index (χ1n) is 10.8. The third-order valence-corrected chi connectivity index (χ3v) is 4.60. The fraction of sp³-hybridized carbons (Fsp3) is 0.321. The molecule has 32 heavy (non-hydrogen) atoms. The van der Waals surface area contributed by atoms with Gasteiger partial charge in [0, 0.05) is 11.9 Å². The van der Waals surface area contributed by atoms with Gasteiger partial charge in [0.2, 0.25) is 0 Å². The van der Waals surface area contributed by atoms with Crippen molar-refractivity contribution in [1.82, 2.24) is 4.98 Å². The van der Waals surface area contributed by atoms with E-state index < -0.39 is 0 Å². The predicted molar refractivity (Wildman–Crippen MR) is 130 cm³/mol. The SMILES string of the molecule is CC(C)c1cccc(C(C)C)c1N=c1cccccc1[O-].Cc1ccnc(C)c1.[CH2-]C.[Ni+2]. The van der Waals surface area contributed by atoms with Crippen molar-refractivity contribution in [3.8, 4) is 5.75 Å². The Hall–Kier alpha value is -2.45. The predicted octanol–water partition coefficient (Wildman–Crippen LogP) is 6.78. The second kappa shape index (κ2) is 15.4. The average Bonchev–Trinajstić information content (AvgIpc) is 2.94. The van der Waals surface area contributed by atoms with Crippen molar-refractivity contribution in [2.75, 3.05) is 0 Å². The van der Waals surface area contributed by atoms with Crippen LogP contribution >= 0.6 is 0 Å². The van der Waals surface area contributed by atoms with E-state index in [1.54, 1.807) is 25.1 Å². The van der Waals surface area contributed by atoms with Gasteiger partial charge in [-0.1, -0.05) is 75.9 Å². The van der Waals surface area contributed by atoms with Gasteiger partial charge in [-0.25, -0.2) is 4.99 Å². The normalized spacial score (nSPS) is 10.5.